The lowest BCUT2D eigenvalue weighted by molar-refractivity contribution is -0.159. The van der Waals surface area contributed by atoms with Gasteiger partial charge in [-0.05, 0) is 61.8 Å². The first-order chi connectivity index (χ1) is 13.2. The minimum Gasteiger partial charge on any atom is -0.340 e. The fourth-order valence-electron chi connectivity index (χ4n) is 6.74. The van der Waals surface area contributed by atoms with Crippen LogP contribution in [0.1, 0.15) is 44.1 Å². The maximum Gasteiger partial charge on any atom is 0.228 e. The summed E-state index contributed by atoms with van der Waals surface area (Å²) >= 11 is 0. The normalized spacial score (nSPS) is 34.6. The lowest BCUT2D eigenvalue weighted by Crippen LogP contribution is -2.58. The van der Waals surface area contributed by atoms with E-state index < -0.39 is 0 Å². The molecule has 0 radical (unpaired) electrons. The van der Waals surface area contributed by atoms with Crippen LogP contribution in [0.5, 0.6) is 0 Å². The Morgan fingerprint density at radius 2 is 1.50 bits per heavy atom. The molecule has 28 heavy (non-hydrogen) atoms. The second kappa shape index (κ2) is 8.20. The average Bonchev–Trinajstić information content (AvgIpc) is 2.68. The van der Waals surface area contributed by atoms with Gasteiger partial charge < -0.3 is 4.90 Å². The van der Waals surface area contributed by atoms with Crippen LogP contribution < -0.4 is 0 Å². The van der Waals surface area contributed by atoms with Gasteiger partial charge in [0.15, 0.2) is 0 Å². The third-order valence-electron chi connectivity index (χ3n) is 7.62. The Morgan fingerprint density at radius 3 is 2.07 bits per heavy atom. The van der Waals surface area contributed by atoms with Gasteiger partial charge in [-0.3, -0.25) is 9.69 Å². The number of rotatable bonds is 4. The number of amides is 1. The summed E-state index contributed by atoms with van der Waals surface area (Å²) in [4.78, 5) is 18.1. The van der Waals surface area contributed by atoms with Crippen LogP contribution in [-0.4, -0.2) is 48.4 Å². The lowest BCUT2D eigenvalue weighted by Gasteiger charge is -2.57. The third-order valence-corrected chi connectivity index (χ3v) is 7.62. The van der Waals surface area contributed by atoms with Gasteiger partial charge in [0.2, 0.25) is 5.91 Å². The zero-order valence-corrected chi connectivity index (χ0v) is 17.6. The van der Waals surface area contributed by atoms with Crippen molar-refractivity contribution in [2.45, 2.75) is 38.5 Å². The molecule has 1 amide bonds. The number of benzene rings is 1. The summed E-state index contributed by atoms with van der Waals surface area (Å²) in [6.45, 7) is 4.84. The standard InChI is InChI=1S/C24H32N2O.ClH/c27-23(24-16-20-13-21(17-24)15-22(14-20)18-24)26-11-9-25(10-12-26)8-4-7-19-5-2-1-3-6-19;/h1-7,20-22H,8-18H2;1H/b7-4+;. The molecule has 1 aromatic carbocycles. The Labute approximate surface area is 175 Å². The molecule has 6 rings (SSSR count). The lowest BCUT2D eigenvalue weighted by atomic mass is 9.49. The fourth-order valence-corrected chi connectivity index (χ4v) is 6.74. The number of halogens is 1. The second-order valence-electron chi connectivity index (χ2n) is 9.60. The molecule has 0 unspecified atom stereocenters. The molecule has 4 saturated carbocycles. The number of nitrogens with zero attached hydrogens (tertiary/aromatic N) is 2. The SMILES string of the molecule is Cl.O=C(N1CCN(C/C=C/c2ccccc2)CC1)C12CC3CC(CC(C3)C1)C2. The summed E-state index contributed by atoms with van der Waals surface area (Å²) in [7, 11) is 0. The van der Waals surface area contributed by atoms with Crippen molar-refractivity contribution in [3.05, 3.63) is 42.0 Å². The van der Waals surface area contributed by atoms with E-state index in [1.54, 1.807) is 0 Å². The first-order valence-corrected chi connectivity index (χ1v) is 10.9. The highest BCUT2D eigenvalue weighted by Gasteiger charge is 2.55. The fraction of sp³-hybridized carbons (Fsp3) is 0.625. The molecule has 1 heterocycles. The number of piperazine rings is 1. The zero-order valence-electron chi connectivity index (χ0n) is 16.8. The minimum atomic E-state index is 0. The van der Waals surface area contributed by atoms with Gasteiger partial charge in [0.25, 0.3) is 0 Å². The molecule has 0 N–H and O–H groups in total. The predicted molar refractivity (Wildman–Crippen MR) is 116 cm³/mol. The molecule has 3 nitrogen and oxygen atoms in total. The second-order valence-corrected chi connectivity index (χ2v) is 9.60. The van der Waals surface area contributed by atoms with E-state index >= 15 is 0 Å². The smallest absolute Gasteiger partial charge is 0.228 e. The van der Waals surface area contributed by atoms with Gasteiger partial charge in [0.1, 0.15) is 0 Å². The van der Waals surface area contributed by atoms with Crippen molar-refractivity contribution in [3.8, 4) is 0 Å². The Balaban J connectivity index is 0.00000192. The summed E-state index contributed by atoms with van der Waals surface area (Å²) in [5.41, 5.74) is 1.29. The molecule has 4 aliphatic carbocycles. The molecular formula is C24H33ClN2O. The van der Waals surface area contributed by atoms with Crippen LogP contribution in [0.25, 0.3) is 6.08 Å². The monoisotopic (exact) mass is 400 g/mol. The summed E-state index contributed by atoms with van der Waals surface area (Å²) in [5, 5.41) is 0. The molecule has 1 saturated heterocycles. The van der Waals surface area contributed by atoms with Gasteiger partial charge in [-0.2, -0.15) is 0 Å². The molecule has 152 valence electrons. The first-order valence-electron chi connectivity index (χ1n) is 10.9. The van der Waals surface area contributed by atoms with Crippen molar-refractivity contribution in [3.63, 3.8) is 0 Å². The van der Waals surface area contributed by atoms with Crippen LogP contribution in [0.3, 0.4) is 0 Å². The molecule has 1 aromatic rings. The van der Waals surface area contributed by atoms with E-state index in [1.807, 2.05) is 0 Å². The largest absolute Gasteiger partial charge is 0.340 e. The van der Waals surface area contributed by atoms with Crippen molar-refractivity contribution < 1.29 is 4.79 Å². The maximum atomic E-state index is 13.5. The Hall–Kier alpha value is -1.32. The van der Waals surface area contributed by atoms with E-state index in [9.17, 15) is 4.79 Å². The van der Waals surface area contributed by atoms with Gasteiger partial charge in [-0.1, -0.05) is 42.5 Å². The van der Waals surface area contributed by atoms with E-state index in [-0.39, 0.29) is 17.8 Å². The summed E-state index contributed by atoms with van der Waals surface area (Å²) in [5.74, 6) is 3.07. The number of hydrogen-bond donors (Lipinski definition) is 0. The summed E-state index contributed by atoms with van der Waals surface area (Å²) in [6, 6.07) is 10.5. The Kier molecular flexibility index (Phi) is 5.85. The predicted octanol–water partition coefficient (Wildman–Crippen LogP) is 4.48. The van der Waals surface area contributed by atoms with Crippen LogP contribution in [-0.2, 0) is 4.79 Å². The highest BCUT2D eigenvalue weighted by Crippen LogP contribution is 2.60. The molecule has 4 bridgehead atoms. The highest BCUT2D eigenvalue weighted by molar-refractivity contribution is 5.85. The van der Waals surface area contributed by atoms with Crippen molar-refractivity contribution in [1.82, 2.24) is 9.80 Å². The van der Waals surface area contributed by atoms with E-state index in [1.165, 1.54) is 44.1 Å². The first kappa shape index (κ1) is 20.0. The van der Waals surface area contributed by atoms with E-state index in [0.29, 0.717) is 5.91 Å². The highest BCUT2D eigenvalue weighted by atomic mass is 35.5. The van der Waals surface area contributed by atoms with Crippen LogP contribution in [0.2, 0.25) is 0 Å². The van der Waals surface area contributed by atoms with Gasteiger partial charge in [0, 0.05) is 32.7 Å². The number of hydrogen-bond acceptors (Lipinski definition) is 2. The minimum absolute atomic E-state index is 0. The van der Waals surface area contributed by atoms with Crippen molar-refractivity contribution in [2.75, 3.05) is 32.7 Å². The van der Waals surface area contributed by atoms with E-state index in [4.69, 9.17) is 0 Å². The zero-order chi connectivity index (χ0) is 18.3. The van der Waals surface area contributed by atoms with Crippen LogP contribution >= 0.6 is 12.4 Å². The molecule has 0 aromatic heterocycles. The number of carbonyl (C=O) groups excluding carboxylic acids is 1. The van der Waals surface area contributed by atoms with Gasteiger partial charge in [-0.15, -0.1) is 12.4 Å². The quantitative estimate of drug-likeness (QED) is 0.743. The molecule has 5 fully saturated rings. The average molecular weight is 401 g/mol. The summed E-state index contributed by atoms with van der Waals surface area (Å²) in [6.07, 6.45) is 12.3. The van der Waals surface area contributed by atoms with E-state index in [2.05, 4.69) is 52.3 Å². The Bertz CT molecular complexity index is 673. The molecule has 0 atom stereocenters. The van der Waals surface area contributed by atoms with Crippen molar-refractivity contribution in [1.29, 1.82) is 0 Å². The molecular weight excluding hydrogens is 368 g/mol. The van der Waals surface area contributed by atoms with Gasteiger partial charge in [-0.25, -0.2) is 0 Å². The number of carbonyl (C=O) groups is 1. The molecule has 0 spiro atoms. The molecule has 4 heteroatoms. The molecule has 1 aliphatic heterocycles. The van der Waals surface area contributed by atoms with Crippen LogP contribution in [0.4, 0.5) is 0 Å². The third kappa shape index (κ3) is 3.89. The maximum absolute atomic E-state index is 13.5. The molecule has 5 aliphatic rings. The van der Waals surface area contributed by atoms with Gasteiger partial charge in [0.05, 0.1) is 5.41 Å². The topological polar surface area (TPSA) is 23.6 Å². The van der Waals surface area contributed by atoms with Gasteiger partial charge >= 0.3 is 0 Å². The van der Waals surface area contributed by atoms with Crippen molar-refractivity contribution >= 4 is 24.4 Å². The Morgan fingerprint density at radius 1 is 0.929 bits per heavy atom. The van der Waals surface area contributed by atoms with Crippen molar-refractivity contribution in [2.24, 2.45) is 23.2 Å². The van der Waals surface area contributed by atoms with Crippen LogP contribution in [0.15, 0.2) is 36.4 Å². The van der Waals surface area contributed by atoms with E-state index in [0.717, 1.165) is 50.5 Å². The van der Waals surface area contributed by atoms with Crippen LogP contribution in [0, 0.1) is 23.2 Å². The summed E-state index contributed by atoms with van der Waals surface area (Å²) < 4.78 is 0.